The van der Waals surface area contributed by atoms with E-state index in [0.717, 1.165) is 41.7 Å². The molecule has 1 aliphatic heterocycles. The SMILES string of the molecule is CS(=O)(=O)c1cc(CCCCNC(=O)N2CCc3c2cnn3-c2ccc(F)cc2)ccn1. The minimum absolute atomic E-state index is 0.0781. The van der Waals surface area contributed by atoms with Gasteiger partial charge in [-0.3, -0.25) is 4.90 Å². The van der Waals surface area contributed by atoms with Gasteiger partial charge in [-0.1, -0.05) is 0 Å². The van der Waals surface area contributed by atoms with Gasteiger partial charge in [0.25, 0.3) is 0 Å². The molecule has 0 atom stereocenters. The fourth-order valence-electron chi connectivity index (χ4n) is 3.73. The number of hydrogen-bond acceptors (Lipinski definition) is 5. The zero-order chi connectivity index (χ0) is 22.7. The Hall–Kier alpha value is -3.27. The van der Waals surface area contributed by atoms with Crippen molar-refractivity contribution in [1.82, 2.24) is 20.1 Å². The number of urea groups is 1. The molecule has 2 aromatic heterocycles. The summed E-state index contributed by atoms with van der Waals surface area (Å²) >= 11 is 0. The zero-order valence-electron chi connectivity index (χ0n) is 17.7. The minimum Gasteiger partial charge on any atom is -0.338 e. The third kappa shape index (κ3) is 4.80. The molecule has 0 fully saturated rings. The van der Waals surface area contributed by atoms with E-state index in [9.17, 15) is 17.6 Å². The molecule has 0 saturated carbocycles. The Morgan fingerprint density at radius 2 is 1.97 bits per heavy atom. The van der Waals surface area contributed by atoms with Gasteiger partial charge in [-0.05, 0) is 61.2 Å². The number of nitrogens with one attached hydrogen (secondary N) is 1. The molecule has 1 aromatic carbocycles. The first-order valence-corrected chi connectivity index (χ1v) is 12.3. The summed E-state index contributed by atoms with van der Waals surface area (Å²) in [6.45, 7) is 1.08. The minimum atomic E-state index is -3.32. The molecule has 1 N–H and O–H groups in total. The van der Waals surface area contributed by atoms with Crippen LogP contribution >= 0.6 is 0 Å². The van der Waals surface area contributed by atoms with Crippen molar-refractivity contribution < 1.29 is 17.6 Å². The molecule has 0 unspecified atom stereocenters. The summed E-state index contributed by atoms with van der Waals surface area (Å²) in [7, 11) is -3.32. The molecule has 4 rings (SSSR count). The fourth-order valence-corrected chi connectivity index (χ4v) is 4.35. The summed E-state index contributed by atoms with van der Waals surface area (Å²) < 4.78 is 38.1. The second kappa shape index (κ2) is 9.07. The summed E-state index contributed by atoms with van der Waals surface area (Å²) in [6.07, 6.45) is 7.25. The molecular weight excluding hydrogens is 433 g/mol. The van der Waals surface area contributed by atoms with E-state index in [0.29, 0.717) is 25.9 Å². The van der Waals surface area contributed by atoms with Crippen LogP contribution in [0.25, 0.3) is 5.69 Å². The molecule has 0 saturated heterocycles. The Morgan fingerprint density at radius 3 is 2.72 bits per heavy atom. The van der Waals surface area contributed by atoms with E-state index in [1.54, 1.807) is 40.0 Å². The number of carbonyl (C=O) groups excluding carboxylic acids is 1. The van der Waals surface area contributed by atoms with Crippen LogP contribution in [-0.4, -0.2) is 48.6 Å². The number of halogens is 1. The van der Waals surface area contributed by atoms with Crippen LogP contribution in [0.15, 0.2) is 53.8 Å². The summed E-state index contributed by atoms with van der Waals surface area (Å²) in [5.74, 6) is -0.307. The Balaban J connectivity index is 1.28. The second-order valence-corrected chi connectivity index (χ2v) is 9.69. The smallest absolute Gasteiger partial charge is 0.321 e. The molecule has 8 nitrogen and oxygen atoms in total. The highest BCUT2D eigenvalue weighted by Gasteiger charge is 2.28. The lowest BCUT2D eigenvalue weighted by Gasteiger charge is -2.16. The van der Waals surface area contributed by atoms with E-state index in [1.807, 2.05) is 0 Å². The predicted molar refractivity (Wildman–Crippen MR) is 118 cm³/mol. The van der Waals surface area contributed by atoms with Crippen molar-refractivity contribution >= 4 is 21.6 Å². The van der Waals surface area contributed by atoms with Gasteiger partial charge in [0, 0.05) is 32.0 Å². The van der Waals surface area contributed by atoms with Gasteiger partial charge in [-0.2, -0.15) is 5.10 Å². The number of carbonyl (C=O) groups is 1. The van der Waals surface area contributed by atoms with Crippen molar-refractivity contribution in [3.63, 3.8) is 0 Å². The lowest BCUT2D eigenvalue weighted by atomic mass is 10.1. The third-order valence-corrected chi connectivity index (χ3v) is 6.36. The summed E-state index contributed by atoms with van der Waals surface area (Å²) in [6, 6.07) is 9.31. The van der Waals surface area contributed by atoms with Crippen LogP contribution in [0.3, 0.4) is 0 Å². The number of unbranched alkanes of at least 4 members (excludes halogenated alkanes) is 1. The molecule has 0 spiro atoms. The molecule has 1 aliphatic rings. The highest BCUT2D eigenvalue weighted by molar-refractivity contribution is 7.90. The lowest BCUT2D eigenvalue weighted by Crippen LogP contribution is -2.39. The van der Waals surface area contributed by atoms with Crippen molar-refractivity contribution in [2.45, 2.75) is 30.7 Å². The Morgan fingerprint density at radius 1 is 1.19 bits per heavy atom. The van der Waals surface area contributed by atoms with Gasteiger partial charge in [-0.25, -0.2) is 27.3 Å². The number of aryl methyl sites for hydroxylation is 1. The maximum absolute atomic E-state index is 13.2. The van der Waals surface area contributed by atoms with Gasteiger partial charge in [0.05, 0.1) is 23.3 Å². The van der Waals surface area contributed by atoms with E-state index in [4.69, 9.17) is 0 Å². The molecule has 0 aliphatic carbocycles. The fraction of sp³-hybridized carbons (Fsp3) is 0.318. The standard InChI is InChI=1S/C22H24FN5O3S/c1-32(30,31)21-14-16(9-12-24-21)4-2-3-11-25-22(29)27-13-10-19-20(27)15-26-28(19)18-7-5-17(23)6-8-18/h5-9,12,14-15H,2-4,10-11,13H2,1H3,(H,25,29). The van der Waals surface area contributed by atoms with Crippen molar-refractivity contribution in [2.75, 3.05) is 24.2 Å². The number of benzene rings is 1. The van der Waals surface area contributed by atoms with Crippen LogP contribution in [0.4, 0.5) is 14.9 Å². The Labute approximate surface area is 186 Å². The van der Waals surface area contributed by atoms with Gasteiger partial charge in [-0.15, -0.1) is 0 Å². The van der Waals surface area contributed by atoms with Gasteiger partial charge >= 0.3 is 6.03 Å². The van der Waals surface area contributed by atoms with E-state index in [-0.39, 0.29) is 16.9 Å². The summed E-state index contributed by atoms with van der Waals surface area (Å²) in [5.41, 5.74) is 3.34. The first kappa shape index (κ1) is 21.9. The van der Waals surface area contributed by atoms with Crippen LogP contribution in [0.5, 0.6) is 0 Å². The maximum Gasteiger partial charge on any atom is 0.321 e. The topological polar surface area (TPSA) is 97.2 Å². The first-order valence-electron chi connectivity index (χ1n) is 10.4. The molecule has 3 aromatic rings. The molecule has 0 radical (unpaired) electrons. The molecule has 2 amide bonds. The van der Waals surface area contributed by atoms with Crippen LogP contribution in [0.1, 0.15) is 24.1 Å². The van der Waals surface area contributed by atoms with Crippen LogP contribution in [-0.2, 0) is 22.7 Å². The number of sulfone groups is 1. The molecular formula is C22H24FN5O3S. The Kier molecular flexibility index (Phi) is 6.22. The lowest BCUT2D eigenvalue weighted by molar-refractivity contribution is 0.246. The van der Waals surface area contributed by atoms with E-state index >= 15 is 0 Å². The number of amides is 2. The van der Waals surface area contributed by atoms with Crippen LogP contribution in [0, 0.1) is 5.82 Å². The highest BCUT2D eigenvalue weighted by atomic mass is 32.2. The van der Waals surface area contributed by atoms with Crippen molar-refractivity contribution in [1.29, 1.82) is 0 Å². The van der Waals surface area contributed by atoms with Crippen LogP contribution in [0.2, 0.25) is 0 Å². The molecule has 32 heavy (non-hydrogen) atoms. The number of aromatic nitrogens is 3. The van der Waals surface area contributed by atoms with Gasteiger partial charge in [0.2, 0.25) is 0 Å². The Bertz CT molecular complexity index is 1220. The van der Waals surface area contributed by atoms with Crippen molar-refractivity contribution in [3.8, 4) is 5.69 Å². The quantitative estimate of drug-likeness (QED) is 0.550. The third-order valence-electron chi connectivity index (χ3n) is 5.37. The molecule has 3 heterocycles. The number of anilines is 1. The first-order chi connectivity index (χ1) is 15.3. The van der Waals surface area contributed by atoms with Gasteiger partial charge < -0.3 is 5.32 Å². The predicted octanol–water partition coefficient (Wildman–Crippen LogP) is 2.90. The number of fused-ring (bicyclic) bond motifs is 1. The average Bonchev–Trinajstić information content (AvgIpc) is 3.36. The zero-order valence-corrected chi connectivity index (χ0v) is 18.5. The second-order valence-electron chi connectivity index (χ2n) is 7.73. The monoisotopic (exact) mass is 457 g/mol. The van der Waals surface area contributed by atoms with Crippen molar-refractivity contribution in [3.05, 3.63) is 65.9 Å². The van der Waals surface area contributed by atoms with E-state index in [2.05, 4.69) is 15.4 Å². The summed E-state index contributed by atoms with van der Waals surface area (Å²) in [5, 5.41) is 7.38. The number of pyridine rings is 1. The average molecular weight is 458 g/mol. The van der Waals surface area contributed by atoms with Gasteiger partial charge in [0.1, 0.15) is 5.82 Å². The van der Waals surface area contributed by atoms with Gasteiger partial charge in [0.15, 0.2) is 14.9 Å². The maximum atomic E-state index is 13.2. The normalized spacial score (nSPS) is 13.2. The van der Waals surface area contributed by atoms with E-state index < -0.39 is 9.84 Å². The number of nitrogens with zero attached hydrogens (tertiary/aromatic N) is 4. The highest BCUT2D eigenvalue weighted by Crippen LogP contribution is 2.29. The largest absolute Gasteiger partial charge is 0.338 e. The van der Waals surface area contributed by atoms with Crippen molar-refractivity contribution in [2.24, 2.45) is 0 Å². The number of rotatable bonds is 7. The molecule has 10 heteroatoms. The van der Waals surface area contributed by atoms with Crippen LogP contribution < -0.4 is 10.2 Å². The van der Waals surface area contributed by atoms with E-state index in [1.165, 1.54) is 18.3 Å². The molecule has 168 valence electrons. The summed E-state index contributed by atoms with van der Waals surface area (Å²) in [4.78, 5) is 18.2. The molecule has 0 bridgehead atoms. The number of hydrogen-bond donors (Lipinski definition) is 1.